The fourth-order valence-electron chi connectivity index (χ4n) is 4.30. The maximum absolute atomic E-state index is 9.54. The highest BCUT2D eigenvalue weighted by molar-refractivity contribution is 5.15. The lowest BCUT2D eigenvalue weighted by Gasteiger charge is -2.35. The molecule has 2 aromatic rings. The summed E-state index contributed by atoms with van der Waals surface area (Å²) in [4.78, 5) is 7.54. The molecule has 2 aliphatic rings. The molecule has 0 bridgehead atoms. The Bertz CT molecular complexity index is 712. The first-order valence-corrected chi connectivity index (χ1v) is 10.3. The number of piperidine rings is 1. The number of rotatable bonds is 6. The maximum Gasteiger partial charge on any atom is 0.154 e. The summed E-state index contributed by atoms with van der Waals surface area (Å²) in [7, 11) is 0. The molecule has 0 unspecified atom stereocenters. The van der Waals surface area contributed by atoms with E-state index in [4.69, 9.17) is 14.8 Å². The third kappa shape index (κ3) is 4.39. The van der Waals surface area contributed by atoms with Gasteiger partial charge < -0.3 is 9.84 Å². The van der Waals surface area contributed by atoms with Gasteiger partial charge in [0.2, 0.25) is 0 Å². The third-order valence-corrected chi connectivity index (χ3v) is 5.76. The second-order valence-corrected chi connectivity index (χ2v) is 7.63. The van der Waals surface area contributed by atoms with Crippen LogP contribution in [0.5, 0.6) is 0 Å². The first-order valence-electron chi connectivity index (χ1n) is 10.3. The van der Waals surface area contributed by atoms with Crippen LogP contribution < -0.4 is 0 Å². The quantitative estimate of drug-likeness (QED) is 0.847. The molecule has 1 atom stereocenters. The highest BCUT2D eigenvalue weighted by Crippen LogP contribution is 2.33. The van der Waals surface area contributed by atoms with Crippen LogP contribution >= 0.6 is 0 Å². The number of aromatic nitrogens is 3. The first-order chi connectivity index (χ1) is 13.3. The van der Waals surface area contributed by atoms with Crippen molar-refractivity contribution in [3.8, 4) is 0 Å². The fraction of sp³-hybridized carbons (Fsp3) is 0.619. The molecular formula is C21H30N4O2. The summed E-state index contributed by atoms with van der Waals surface area (Å²) in [6.45, 7) is 4.20. The van der Waals surface area contributed by atoms with E-state index in [-0.39, 0.29) is 12.6 Å². The van der Waals surface area contributed by atoms with Gasteiger partial charge in [-0.1, -0.05) is 36.8 Å². The van der Waals surface area contributed by atoms with Crippen molar-refractivity contribution in [3.63, 3.8) is 0 Å². The van der Waals surface area contributed by atoms with Crippen molar-refractivity contribution in [3.05, 3.63) is 47.5 Å². The van der Waals surface area contributed by atoms with Gasteiger partial charge in [0.15, 0.2) is 5.82 Å². The molecule has 1 N–H and O–H groups in total. The summed E-state index contributed by atoms with van der Waals surface area (Å²) >= 11 is 0. The van der Waals surface area contributed by atoms with Crippen molar-refractivity contribution in [2.24, 2.45) is 0 Å². The highest BCUT2D eigenvalue weighted by atomic mass is 16.5. The molecule has 0 radical (unpaired) electrons. The van der Waals surface area contributed by atoms with E-state index < -0.39 is 0 Å². The van der Waals surface area contributed by atoms with Gasteiger partial charge >= 0.3 is 0 Å². The van der Waals surface area contributed by atoms with Gasteiger partial charge in [0.25, 0.3) is 0 Å². The van der Waals surface area contributed by atoms with Crippen molar-refractivity contribution in [1.82, 2.24) is 19.7 Å². The lowest BCUT2D eigenvalue weighted by atomic mass is 9.99. The minimum atomic E-state index is 0.0922. The molecule has 6 heteroatoms. The van der Waals surface area contributed by atoms with E-state index in [1.54, 1.807) is 0 Å². The SMILES string of the molecule is OCCn1nc(C2CCOCC2)nc1[C@@H]1CCCCN1Cc1ccccc1. The number of hydrogen-bond acceptors (Lipinski definition) is 5. The number of aliphatic hydroxyl groups is 1. The van der Waals surface area contributed by atoms with Crippen molar-refractivity contribution < 1.29 is 9.84 Å². The molecule has 6 nitrogen and oxygen atoms in total. The molecule has 4 rings (SSSR count). The summed E-state index contributed by atoms with van der Waals surface area (Å²) in [5, 5.41) is 14.3. The van der Waals surface area contributed by atoms with E-state index in [0.29, 0.717) is 12.5 Å². The van der Waals surface area contributed by atoms with Crippen molar-refractivity contribution >= 4 is 0 Å². The molecule has 2 aliphatic heterocycles. The summed E-state index contributed by atoms with van der Waals surface area (Å²) in [6, 6.07) is 10.9. The normalized spacial score (nSPS) is 22.2. The first kappa shape index (κ1) is 18.6. The lowest BCUT2D eigenvalue weighted by molar-refractivity contribution is 0.0834. The summed E-state index contributed by atoms with van der Waals surface area (Å²) < 4.78 is 7.45. The average Bonchev–Trinajstić information content (AvgIpc) is 3.14. The monoisotopic (exact) mass is 370 g/mol. The van der Waals surface area contributed by atoms with Gasteiger partial charge in [-0.15, -0.1) is 0 Å². The second-order valence-electron chi connectivity index (χ2n) is 7.63. The van der Waals surface area contributed by atoms with E-state index in [9.17, 15) is 5.11 Å². The zero-order valence-corrected chi connectivity index (χ0v) is 16.0. The summed E-state index contributed by atoms with van der Waals surface area (Å²) in [5.74, 6) is 2.34. The smallest absolute Gasteiger partial charge is 0.154 e. The third-order valence-electron chi connectivity index (χ3n) is 5.76. The van der Waals surface area contributed by atoms with Crippen LogP contribution in [-0.2, 0) is 17.8 Å². The molecule has 146 valence electrons. The molecular weight excluding hydrogens is 340 g/mol. The zero-order chi connectivity index (χ0) is 18.5. The van der Waals surface area contributed by atoms with Crippen LogP contribution in [0.15, 0.2) is 30.3 Å². The Morgan fingerprint density at radius 2 is 1.89 bits per heavy atom. The maximum atomic E-state index is 9.54. The predicted octanol–water partition coefficient (Wildman–Crippen LogP) is 2.89. The number of aliphatic hydroxyl groups excluding tert-OH is 1. The van der Waals surface area contributed by atoms with E-state index in [1.807, 2.05) is 4.68 Å². The summed E-state index contributed by atoms with van der Waals surface area (Å²) in [5.41, 5.74) is 1.34. The molecule has 0 amide bonds. The van der Waals surface area contributed by atoms with Crippen molar-refractivity contribution in [1.29, 1.82) is 0 Å². The molecule has 1 aromatic carbocycles. The van der Waals surface area contributed by atoms with Crippen molar-refractivity contribution in [2.75, 3.05) is 26.4 Å². The van der Waals surface area contributed by atoms with Crippen LogP contribution in [0, 0.1) is 0 Å². The molecule has 2 saturated heterocycles. The van der Waals surface area contributed by atoms with Crippen LogP contribution in [0.1, 0.15) is 61.3 Å². The van der Waals surface area contributed by atoms with Gasteiger partial charge in [0.1, 0.15) is 5.82 Å². The van der Waals surface area contributed by atoms with Gasteiger partial charge in [-0.25, -0.2) is 9.67 Å². The Kier molecular flexibility index (Phi) is 6.17. The molecule has 3 heterocycles. The Labute approximate surface area is 161 Å². The Morgan fingerprint density at radius 1 is 1.07 bits per heavy atom. The fourth-order valence-corrected chi connectivity index (χ4v) is 4.30. The van der Waals surface area contributed by atoms with Crippen LogP contribution in [-0.4, -0.2) is 51.1 Å². The predicted molar refractivity (Wildman–Crippen MR) is 103 cm³/mol. The van der Waals surface area contributed by atoms with E-state index in [0.717, 1.165) is 57.2 Å². The second kappa shape index (κ2) is 8.95. The van der Waals surface area contributed by atoms with Crippen LogP contribution in [0.25, 0.3) is 0 Å². The Balaban J connectivity index is 1.59. The van der Waals surface area contributed by atoms with Crippen LogP contribution in [0.3, 0.4) is 0 Å². The Hall–Kier alpha value is -1.76. The van der Waals surface area contributed by atoms with Gasteiger partial charge in [0.05, 0.1) is 19.2 Å². The number of nitrogens with zero attached hydrogens (tertiary/aromatic N) is 4. The standard InChI is InChI=1S/C21H30N4O2/c26-13-12-25-21(22-20(23-25)18-9-14-27-15-10-18)19-8-4-5-11-24(19)16-17-6-2-1-3-7-17/h1-3,6-7,18-19,26H,4-5,8-16H2/t19-/m0/s1. The molecule has 0 aliphatic carbocycles. The minimum absolute atomic E-state index is 0.0922. The number of hydrogen-bond donors (Lipinski definition) is 1. The number of benzene rings is 1. The van der Waals surface area contributed by atoms with Gasteiger partial charge in [-0.05, 0) is 37.8 Å². The number of ether oxygens (including phenoxy) is 1. The average molecular weight is 370 g/mol. The van der Waals surface area contributed by atoms with Crippen LogP contribution in [0.4, 0.5) is 0 Å². The van der Waals surface area contributed by atoms with Gasteiger partial charge in [-0.3, -0.25) is 4.90 Å². The molecule has 2 fully saturated rings. The largest absolute Gasteiger partial charge is 0.394 e. The van der Waals surface area contributed by atoms with Crippen LogP contribution in [0.2, 0.25) is 0 Å². The lowest BCUT2D eigenvalue weighted by Crippen LogP contribution is -2.35. The van der Waals surface area contributed by atoms with Gasteiger partial charge in [0, 0.05) is 25.7 Å². The molecule has 0 saturated carbocycles. The molecule has 27 heavy (non-hydrogen) atoms. The topological polar surface area (TPSA) is 63.4 Å². The van der Waals surface area contributed by atoms with E-state index in [2.05, 4.69) is 35.2 Å². The molecule has 0 spiro atoms. The summed E-state index contributed by atoms with van der Waals surface area (Å²) in [6.07, 6.45) is 5.52. The minimum Gasteiger partial charge on any atom is -0.394 e. The highest BCUT2D eigenvalue weighted by Gasteiger charge is 2.30. The Morgan fingerprint density at radius 3 is 2.67 bits per heavy atom. The van der Waals surface area contributed by atoms with Gasteiger partial charge in [-0.2, -0.15) is 5.10 Å². The zero-order valence-electron chi connectivity index (χ0n) is 16.0. The van der Waals surface area contributed by atoms with E-state index >= 15 is 0 Å². The molecule has 1 aromatic heterocycles. The number of likely N-dealkylation sites (tertiary alicyclic amines) is 1. The van der Waals surface area contributed by atoms with E-state index in [1.165, 1.54) is 18.4 Å². The van der Waals surface area contributed by atoms with Crippen molar-refractivity contribution in [2.45, 2.75) is 57.2 Å².